The smallest absolute Gasteiger partial charge is 0.123 e. The number of hydrogen-bond donors (Lipinski definition) is 0. The van der Waals surface area contributed by atoms with Crippen LogP contribution in [0.5, 0.6) is 5.75 Å². The fraction of sp³-hybridized carbons (Fsp3) is 0.500. The van der Waals surface area contributed by atoms with Gasteiger partial charge in [0.25, 0.3) is 0 Å². The van der Waals surface area contributed by atoms with Crippen LogP contribution in [0.15, 0.2) is 24.3 Å². The first-order chi connectivity index (χ1) is 7.42. The quantitative estimate of drug-likeness (QED) is 0.680. The van der Waals surface area contributed by atoms with E-state index in [4.69, 9.17) is 9.47 Å². The monoisotopic (exact) mass is 205 g/mol. The predicted molar refractivity (Wildman–Crippen MR) is 57.0 cm³/mol. The van der Waals surface area contributed by atoms with Crippen molar-refractivity contribution in [3.63, 3.8) is 0 Å². The van der Waals surface area contributed by atoms with Crippen LogP contribution in [-0.2, 0) is 11.3 Å². The van der Waals surface area contributed by atoms with E-state index < -0.39 is 0 Å². The van der Waals surface area contributed by atoms with Gasteiger partial charge in [0.1, 0.15) is 12.4 Å². The Hall–Kier alpha value is -1.06. The van der Waals surface area contributed by atoms with Gasteiger partial charge < -0.3 is 9.47 Å². The van der Waals surface area contributed by atoms with E-state index in [1.807, 2.05) is 12.1 Å². The highest BCUT2D eigenvalue weighted by Gasteiger charge is 2.26. The van der Waals surface area contributed by atoms with E-state index >= 15 is 0 Å². The minimum Gasteiger partial charge on any atom is -0.492 e. The number of para-hydroxylation sites is 1. The standard InChI is InChI=1S/C12H15NO2/c1-2-4-12-10(3-1)7-13(5-6-14-12)8-11-9-15-11/h1-4,11H,5-9H2. The van der Waals surface area contributed by atoms with Crippen molar-refractivity contribution in [3.05, 3.63) is 29.8 Å². The van der Waals surface area contributed by atoms with Crippen molar-refractivity contribution in [2.45, 2.75) is 12.6 Å². The molecular formula is C12H15NO2. The highest BCUT2D eigenvalue weighted by atomic mass is 16.6. The summed E-state index contributed by atoms with van der Waals surface area (Å²) in [6.07, 6.45) is 0.468. The van der Waals surface area contributed by atoms with Crippen LogP contribution < -0.4 is 4.74 Å². The van der Waals surface area contributed by atoms with E-state index in [1.165, 1.54) is 5.56 Å². The second-order valence-electron chi connectivity index (χ2n) is 4.15. The van der Waals surface area contributed by atoms with Crippen molar-refractivity contribution in [2.75, 3.05) is 26.3 Å². The van der Waals surface area contributed by atoms with Gasteiger partial charge in [-0.2, -0.15) is 0 Å². The van der Waals surface area contributed by atoms with Crippen LogP contribution in [0.4, 0.5) is 0 Å². The molecule has 1 atom stereocenters. The molecule has 1 aromatic rings. The molecule has 0 N–H and O–H groups in total. The highest BCUT2D eigenvalue weighted by molar-refractivity contribution is 5.33. The van der Waals surface area contributed by atoms with E-state index in [0.29, 0.717) is 6.10 Å². The lowest BCUT2D eigenvalue weighted by Gasteiger charge is -2.17. The summed E-state index contributed by atoms with van der Waals surface area (Å²) in [6.45, 7) is 4.73. The van der Waals surface area contributed by atoms with Gasteiger partial charge in [0, 0.05) is 25.2 Å². The van der Waals surface area contributed by atoms with Crippen LogP contribution >= 0.6 is 0 Å². The molecule has 1 aromatic carbocycles. The zero-order valence-electron chi connectivity index (χ0n) is 8.69. The number of hydrogen-bond acceptors (Lipinski definition) is 3. The summed E-state index contributed by atoms with van der Waals surface area (Å²) >= 11 is 0. The maximum absolute atomic E-state index is 5.70. The van der Waals surface area contributed by atoms with Gasteiger partial charge in [0.15, 0.2) is 0 Å². The lowest BCUT2D eigenvalue weighted by atomic mass is 10.2. The molecule has 2 aliphatic heterocycles. The topological polar surface area (TPSA) is 25.0 Å². The molecule has 2 heterocycles. The molecule has 0 bridgehead atoms. The maximum Gasteiger partial charge on any atom is 0.123 e. The van der Waals surface area contributed by atoms with Crippen LogP contribution in [0, 0.1) is 0 Å². The Morgan fingerprint density at radius 3 is 3.07 bits per heavy atom. The first-order valence-corrected chi connectivity index (χ1v) is 5.46. The molecule has 3 nitrogen and oxygen atoms in total. The van der Waals surface area contributed by atoms with Crippen molar-refractivity contribution in [2.24, 2.45) is 0 Å². The summed E-state index contributed by atoms with van der Waals surface area (Å²) in [4.78, 5) is 2.41. The van der Waals surface area contributed by atoms with Gasteiger partial charge in [-0.1, -0.05) is 18.2 Å². The first-order valence-electron chi connectivity index (χ1n) is 5.46. The van der Waals surface area contributed by atoms with E-state index in [1.54, 1.807) is 0 Å². The Kier molecular flexibility index (Phi) is 2.35. The van der Waals surface area contributed by atoms with Gasteiger partial charge in [0.05, 0.1) is 12.7 Å². The Bertz CT molecular complexity index is 349. The van der Waals surface area contributed by atoms with Gasteiger partial charge in [-0.25, -0.2) is 0 Å². The van der Waals surface area contributed by atoms with E-state index in [-0.39, 0.29) is 0 Å². The Morgan fingerprint density at radius 2 is 2.20 bits per heavy atom. The molecule has 1 unspecified atom stereocenters. The van der Waals surface area contributed by atoms with Crippen LogP contribution in [-0.4, -0.2) is 37.3 Å². The van der Waals surface area contributed by atoms with Gasteiger partial charge >= 0.3 is 0 Å². The van der Waals surface area contributed by atoms with Gasteiger partial charge in [0.2, 0.25) is 0 Å². The molecule has 3 heteroatoms. The molecule has 2 aliphatic rings. The molecule has 0 amide bonds. The second kappa shape index (κ2) is 3.83. The average Bonchev–Trinajstić information content (AvgIpc) is 3.04. The lowest BCUT2D eigenvalue weighted by molar-refractivity contribution is 0.208. The fourth-order valence-electron chi connectivity index (χ4n) is 2.00. The third-order valence-corrected chi connectivity index (χ3v) is 2.90. The van der Waals surface area contributed by atoms with Crippen molar-refractivity contribution >= 4 is 0 Å². The Labute approximate surface area is 89.6 Å². The average molecular weight is 205 g/mol. The summed E-state index contributed by atoms with van der Waals surface area (Å²) in [6, 6.07) is 8.28. The van der Waals surface area contributed by atoms with Crippen molar-refractivity contribution in [1.82, 2.24) is 4.90 Å². The number of rotatable bonds is 2. The van der Waals surface area contributed by atoms with Crippen LogP contribution in [0.2, 0.25) is 0 Å². The molecule has 0 spiro atoms. The van der Waals surface area contributed by atoms with Crippen LogP contribution in [0.1, 0.15) is 5.56 Å². The number of fused-ring (bicyclic) bond motifs is 1. The summed E-state index contributed by atoms with van der Waals surface area (Å²) in [5.41, 5.74) is 1.29. The molecule has 1 fully saturated rings. The number of benzene rings is 1. The second-order valence-corrected chi connectivity index (χ2v) is 4.15. The third-order valence-electron chi connectivity index (χ3n) is 2.90. The molecule has 15 heavy (non-hydrogen) atoms. The molecule has 0 saturated carbocycles. The Balaban J connectivity index is 1.74. The van der Waals surface area contributed by atoms with Gasteiger partial charge in [-0.3, -0.25) is 4.90 Å². The summed E-state index contributed by atoms with van der Waals surface area (Å²) < 4.78 is 11.0. The van der Waals surface area contributed by atoms with Crippen molar-refractivity contribution in [1.29, 1.82) is 0 Å². The highest BCUT2D eigenvalue weighted by Crippen LogP contribution is 2.23. The number of epoxide rings is 1. The van der Waals surface area contributed by atoms with E-state index in [9.17, 15) is 0 Å². The number of ether oxygens (including phenoxy) is 2. The molecule has 3 rings (SSSR count). The lowest BCUT2D eigenvalue weighted by Crippen LogP contribution is -2.29. The summed E-state index contributed by atoms with van der Waals surface area (Å²) in [5, 5.41) is 0. The third kappa shape index (κ3) is 2.13. The van der Waals surface area contributed by atoms with Crippen molar-refractivity contribution < 1.29 is 9.47 Å². The summed E-state index contributed by atoms with van der Waals surface area (Å²) in [5.74, 6) is 1.04. The molecule has 80 valence electrons. The van der Waals surface area contributed by atoms with E-state index in [2.05, 4.69) is 17.0 Å². The number of nitrogens with zero attached hydrogens (tertiary/aromatic N) is 1. The molecule has 0 aliphatic carbocycles. The van der Waals surface area contributed by atoms with Gasteiger partial charge in [-0.15, -0.1) is 0 Å². The minimum absolute atomic E-state index is 0.468. The fourth-order valence-corrected chi connectivity index (χ4v) is 2.00. The van der Waals surface area contributed by atoms with Gasteiger partial charge in [-0.05, 0) is 6.07 Å². The van der Waals surface area contributed by atoms with Crippen LogP contribution in [0.3, 0.4) is 0 Å². The first kappa shape index (κ1) is 9.19. The normalized spacial score (nSPS) is 25.2. The SMILES string of the molecule is c1ccc2c(c1)CN(CC1CO1)CCO2. The predicted octanol–water partition coefficient (Wildman–Crippen LogP) is 1.28. The molecule has 1 saturated heterocycles. The molecular weight excluding hydrogens is 190 g/mol. The molecule has 0 radical (unpaired) electrons. The summed E-state index contributed by atoms with van der Waals surface area (Å²) in [7, 11) is 0. The Morgan fingerprint density at radius 1 is 1.33 bits per heavy atom. The largest absolute Gasteiger partial charge is 0.492 e. The minimum atomic E-state index is 0.468. The maximum atomic E-state index is 5.70. The van der Waals surface area contributed by atoms with Crippen LogP contribution in [0.25, 0.3) is 0 Å². The zero-order valence-corrected chi connectivity index (χ0v) is 8.69. The van der Waals surface area contributed by atoms with E-state index in [0.717, 1.165) is 38.6 Å². The zero-order chi connectivity index (χ0) is 10.1. The van der Waals surface area contributed by atoms with Crippen molar-refractivity contribution in [3.8, 4) is 5.75 Å². The molecule has 0 aromatic heterocycles.